The fraction of sp³-hybridized carbons (Fsp3) is 0.500. The summed E-state index contributed by atoms with van der Waals surface area (Å²) in [4.78, 5) is 17.3. The lowest BCUT2D eigenvalue weighted by molar-refractivity contribution is -0.384. The fourth-order valence-corrected chi connectivity index (χ4v) is 3.78. The molecule has 2 heterocycles. The Labute approximate surface area is 181 Å². The minimum atomic E-state index is -0.403. The lowest BCUT2D eigenvalue weighted by atomic mass is 9.96. The summed E-state index contributed by atoms with van der Waals surface area (Å²) in [6.07, 6.45) is 5.58. The number of methoxy groups -OCH3 is 1. The number of hydrogen-bond donors (Lipinski definition) is 1. The number of nitro benzene ring substituents is 1. The maximum absolute atomic E-state index is 11.0. The van der Waals surface area contributed by atoms with Gasteiger partial charge >= 0.3 is 0 Å². The second-order valence-electron chi connectivity index (χ2n) is 7.23. The van der Waals surface area contributed by atoms with Crippen LogP contribution >= 0.6 is 12.2 Å². The van der Waals surface area contributed by atoms with E-state index in [0.29, 0.717) is 36.7 Å². The van der Waals surface area contributed by atoms with E-state index in [4.69, 9.17) is 21.7 Å². The van der Waals surface area contributed by atoms with Gasteiger partial charge in [-0.3, -0.25) is 10.1 Å². The van der Waals surface area contributed by atoms with E-state index in [9.17, 15) is 10.1 Å². The van der Waals surface area contributed by atoms with Crippen LogP contribution in [0.5, 0.6) is 0 Å². The van der Waals surface area contributed by atoms with Crippen LogP contribution in [0.15, 0.2) is 30.6 Å². The lowest BCUT2D eigenvalue weighted by Crippen LogP contribution is -2.40. The molecule has 0 saturated carbocycles. The Balaban J connectivity index is 1.55. The van der Waals surface area contributed by atoms with Crippen LogP contribution in [-0.2, 0) is 16.2 Å². The first-order chi connectivity index (χ1) is 14.5. The van der Waals surface area contributed by atoms with Gasteiger partial charge in [-0.2, -0.15) is 0 Å². The summed E-state index contributed by atoms with van der Waals surface area (Å²) in [6.45, 7) is 5.06. The first kappa shape index (κ1) is 22.1. The van der Waals surface area contributed by atoms with E-state index < -0.39 is 4.92 Å². The summed E-state index contributed by atoms with van der Waals surface area (Å²) in [5, 5.41) is 14.8. The zero-order valence-electron chi connectivity index (χ0n) is 17.2. The molecule has 1 aromatic carbocycles. The first-order valence-corrected chi connectivity index (χ1v) is 10.3. The van der Waals surface area contributed by atoms with Crippen LogP contribution in [0.25, 0.3) is 0 Å². The molecule has 1 fully saturated rings. The molecular weight excluding hydrogens is 406 g/mol. The average Bonchev–Trinajstić information content (AvgIpc) is 3.21. The fourth-order valence-electron chi connectivity index (χ4n) is 3.49. The van der Waals surface area contributed by atoms with Crippen molar-refractivity contribution in [3.8, 4) is 0 Å². The summed E-state index contributed by atoms with van der Waals surface area (Å²) >= 11 is 5.56. The number of piperidine rings is 1. The molecule has 1 saturated heterocycles. The number of aromatic nitrogens is 2. The molecule has 1 N–H and O–H groups in total. The first-order valence-electron chi connectivity index (χ1n) is 9.88. The topological polar surface area (TPSA) is 94.7 Å². The van der Waals surface area contributed by atoms with Gasteiger partial charge in [0.05, 0.1) is 18.1 Å². The number of nitro groups is 1. The standard InChI is InChI=1S/C20H27N5O4S/c1-15-3-4-17(25(26)27)13-18(15)22-20(30)23-8-5-16(6-9-23)19-21-7-10-24(19)14-29-12-11-28-2/h3-4,7,10,13,16H,5-6,8-9,11-12,14H2,1-2H3,(H,22,30). The van der Waals surface area contributed by atoms with Crippen molar-refractivity contribution in [3.05, 3.63) is 52.1 Å². The van der Waals surface area contributed by atoms with Crippen LogP contribution < -0.4 is 5.32 Å². The van der Waals surface area contributed by atoms with Crippen molar-refractivity contribution in [3.63, 3.8) is 0 Å². The number of benzene rings is 1. The maximum Gasteiger partial charge on any atom is 0.271 e. The number of aryl methyl sites for hydroxylation is 1. The molecule has 1 aliphatic rings. The molecule has 0 spiro atoms. The van der Waals surface area contributed by atoms with E-state index in [2.05, 4.69) is 15.2 Å². The number of hydrogen-bond acceptors (Lipinski definition) is 6. The summed E-state index contributed by atoms with van der Waals surface area (Å²) in [5.74, 6) is 1.37. The number of rotatable bonds is 8. The van der Waals surface area contributed by atoms with Gasteiger partial charge in [0, 0.05) is 56.3 Å². The average molecular weight is 434 g/mol. The van der Waals surface area contributed by atoms with Gasteiger partial charge in [0.2, 0.25) is 0 Å². The van der Waals surface area contributed by atoms with Crippen molar-refractivity contribution in [2.45, 2.75) is 32.4 Å². The molecular formula is C20H27N5O4S. The predicted molar refractivity (Wildman–Crippen MR) is 118 cm³/mol. The molecule has 0 bridgehead atoms. The Morgan fingerprint density at radius 2 is 2.13 bits per heavy atom. The number of non-ortho nitro benzene ring substituents is 1. The highest BCUT2D eigenvalue weighted by atomic mass is 32.1. The number of ether oxygens (including phenoxy) is 2. The van der Waals surface area contributed by atoms with Gasteiger partial charge in [0.1, 0.15) is 12.6 Å². The van der Waals surface area contributed by atoms with E-state index in [0.717, 1.165) is 37.3 Å². The van der Waals surface area contributed by atoms with Gasteiger partial charge in [-0.1, -0.05) is 6.07 Å². The van der Waals surface area contributed by atoms with Crippen LogP contribution in [0.2, 0.25) is 0 Å². The molecule has 0 radical (unpaired) electrons. The van der Waals surface area contributed by atoms with Gasteiger partial charge in [-0.05, 0) is 37.5 Å². The van der Waals surface area contributed by atoms with Crippen LogP contribution in [-0.4, -0.2) is 57.9 Å². The van der Waals surface area contributed by atoms with Crippen molar-refractivity contribution < 1.29 is 14.4 Å². The molecule has 10 heteroatoms. The molecule has 162 valence electrons. The lowest BCUT2D eigenvalue weighted by Gasteiger charge is -2.34. The second kappa shape index (κ2) is 10.5. The molecule has 9 nitrogen and oxygen atoms in total. The number of thiocarbonyl (C=S) groups is 1. The predicted octanol–water partition coefficient (Wildman–Crippen LogP) is 3.30. The SMILES string of the molecule is COCCOCn1ccnc1C1CCN(C(=S)Nc2cc([N+](=O)[O-])ccc2C)CC1. The van der Waals surface area contributed by atoms with Gasteiger partial charge in [0.25, 0.3) is 5.69 Å². The van der Waals surface area contributed by atoms with Crippen LogP contribution in [0.1, 0.15) is 30.1 Å². The molecule has 3 rings (SSSR count). The van der Waals surface area contributed by atoms with E-state index in [1.165, 1.54) is 12.1 Å². The number of likely N-dealkylation sites (tertiary alicyclic amines) is 1. The highest BCUT2D eigenvalue weighted by Crippen LogP contribution is 2.28. The van der Waals surface area contributed by atoms with Gasteiger partial charge in [-0.25, -0.2) is 4.98 Å². The highest BCUT2D eigenvalue weighted by Gasteiger charge is 2.25. The van der Waals surface area contributed by atoms with Crippen molar-refractivity contribution in [1.82, 2.24) is 14.5 Å². The molecule has 0 atom stereocenters. The molecule has 2 aromatic rings. The van der Waals surface area contributed by atoms with Crippen molar-refractivity contribution in [2.75, 3.05) is 38.7 Å². The zero-order valence-corrected chi connectivity index (χ0v) is 18.1. The smallest absolute Gasteiger partial charge is 0.271 e. The van der Waals surface area contributed by atoms with E-state index in [1.807, 2.05) is 17.7 Å². The van der Waals surface area contributed by atoms with Crippen LogP contribution in [0, 0.1) is 17.0 Å². The van der Waals surface area contributed by atoms with Crippen LogP contribution in [0.4, 0.5) is 11.4 Å². The summed E-state index contributed by atoms with van der Waals surface area (Å²) in [7, 11) is 1.65. The number of anilines is 1. The van der Waals surface area contributed by atoms with Crippen molar-refractivity contribution in [2.24, 2.45) is 0 Å². The summed E-state index contributed by atoms with van der Waals surface area (Å²) in [6, 6.07) is 4.74. The van der Waals surface area contributed by atoms with E-state index in [1.54, 1.807) is 19.4 Å². The third-order valence-corrected chi connectivity index (χ3v) is 5.59. The normalized spacial score (nSPS) is 14.7. The number of nitrogens with one attached hydrogen (secondary N) is 1. The third-order valence-electron chi connectivity index (χ3n) is 5.23. The highest BCUT2D eigenvalue weighted by molar-refractivity contribution is 7.80. The Hall–Kier alpha value is -2.56. The monoisotopic (exact) mass is 433 g/mol. The zero-order chi connectivity index (χ0) is 21.5. The third kappa shape index (κ3) is 5.53. The van der Waals surface area contributed by atoms with Crippen molar-refractivity contribution in [1.29, 1.82) is 0 Å². The second-order valence-corrected chi connectivity index (χ2v) is 7.62. The molecule has 30 heavy (non-hydrogen) atoms. The van der Waals surface area contributed by atoms with Crippen molar-refractivity contribution >= 4 is 28.7 Å². The Kier molecular flexibility index (Phi) is 7.72. The Morgan fingerprint density at radius 1 is 1.37 bits per heavy atom. The maximum atomic E-state index is 11.0. The molecule has 1 aromatic heterocycles. The largest absolute Gasteiger partial charge is 0.382 e. The Morgan fingerprint density at radius 3 is 2.83 bits per heavy atom. The molecule has 0 unspecified atom stereocenters. The molecule has 0 aliphatic carbocycles. The molecule has 1 aliphatic heterocycles. The summed E-state index contributed by atoms with van der Waals surface area (Å²) in [5.41, 5.74) is 1.62. The number of nitrogens with zero attached hydrogens (tertiary/aromatic N) is 4. The van der Waals surface area contributed by atoms with E-state index in [-0.39, 0.29) is 5.69 Å². The summed E-state index contributed by atoms with van der Waals surface area (Å²) < 4.78 is 12.7. The quantitative estimate of drug-likeness (QED) is 0.293. The number of imidazole rings is 1. The molecule has 0 amide bonds. The van der Waals surface area contributed by atoms with Crippen LogP contribution in [0.3, 0.4) is 0 Å². The van der Waals surface area contributed by atoms with Gasteiger partial charge in [0.15, 0.2) is 5.11 Å². The minimum Gasteiger partial charge on any atom is -0.382 e. The van der Waals surface area contributed by atoms with Gasteiger partial charge < -0.3 is 24.3 Å². The van der Waals surface area contributed by atoms with Gasteiger partial charge in [-0.15, -0.1) is 0 Å². The minimum absolute atomic E-state index is 0.0455. The Bertz CT molecular complexity index is 880. The van der Waals surface area contributed by atoms with E-state index >= 15 is 0 Å².